The summed E-state index contributed by atoms with van der Waals surface area (Å²) in [7, 11) is 0. The Morgan fingerprint density at radius 2 is 1.80 bits per heavy atom. The van der Waals surface area contributed by atoms with Crippen molar-refractivity contribution in [1.82, 2.24) is 0 Å². The standard InChI is InChI=1S/C16H23BrO3/c1-4-19-15(18)8-6-5-7-9-20-14-10-12(2)16(17)13(3)11-14/h10-11H,4-9H2,1-3H3. The van der Waals surface area contributed by atoms with Gasteiger partial charge < -0.3 is 9.47 Å². The van der Waals surface area contributed by atoms with Crippen molar-refractivity contribution in [1.29, 1.82) is 0 Å². The highest BCUT2D eigenvalue weighted by molar-refractivity contribution is 9.10. The van der Waals surface area contributed by atoms with Crippen molar-refractivity contribution in [2.45, 2.75) is 46.5 Å². The number of carbonyl (C=O) groups is 1. The van der Waals surface area contributed by atoms with Crippen LogP contribution in [-0.2, 0) is 9.53 Å². The highest BCUT2D eigenvalue weighted by atomic mass is 79.9. The van der Waals surface area contributed by atoms with Gasteiger partial charge in [-0.15, -0.1) is 0 Å². The van der Waals surface area contributed by atoms with Crippen molar-refractivity contribution in [3.8, 4) is 5.75 Å². The lowest BCUT2D eigenvalue weighted by Crippen LogP contribution is -2.04. The predicted octanol–water partition coefficient (Wildman–Crippen LogP) is 4.57. The minimum Gasteiger partial charge on any atom is -0.494 e. The molecule has 0 atom stereocenters. The Bertz CT molecular complexity index is 420. The lowest BCUT2D eigenvalue weighted by Gasteiger charge is -2.10. The van der Waals surface area contributed by atoms with E-state index >= 15 is 0 Å². The molecule has 3 nitrogen and oxygen atoms in total. The zero-order valence-corrected chi connectivity index (χ0v) is 14.1. The Morgan fingerprint density at radius 1 is 1.15 bits per heavy atom. The third-order valence-corrected chi connectivity index (χ3v) is 4.26. The van der Waals surface area contributed by atoms with E-state index in [0.29, 0.717) is 19.6 Å². The van der Waals surface area contributed by atoms with Crippen molar-refractivity contribution >= 4 is 21.9 Å². The average Bonchev–Trinajstić information content (AvgIpc) is 2.40. The molecule has 112 valence electrons. The van der Waals surface area contributed by atoms with Crippen molar-refractivity contribution in [3.63, 3.8) is 0 Å². The van der Waals surface area contributed by atoms with Crippen LogP contribution in [0.5, 0.6) is 5.75 Å². The van der Waals surface area contributed by atoms with Gasteiger partial charge in [0.2, 0.25) is 0 Å². The number of halogens is 1. The topological polar surface area (TPSA) is 35.5 Å². The summed E-state index contributed by atoms with van der Waals surface area (Å²) in [6.45, 7) is 7.09. The summed E-state index contributed by atoms with van der Waals surface area (Å²) in [5.74, 6) is 0.807. The molecule has 0 fully saturated rings. The molecule has 4 heteroatoms. The molecule has 1 rings (SSSR count). The summed E-state index contributed by atoms with van der Waals surface area (Å²) < 4.78 is 11.8. The molecule has 0 bridgehead atoms. The van der Waals surface area contributed by atoms with E-state index in [9.17, 15) is 4.79 Å². The van der Waals surface area contributed by atoms with Crippen LogP contribution in [0.1, 0.15) is 43.7 Å². The number of hydrogen-bond acceptors (Lipinski definition) is 3. The molecule has 0 saturated heterocycles. The number of unbranched alkanes of at least 4 members (excludes halogenated alkanes) is 2. The molecule has 1 aromatic carbocycles. The van der Waals surface area contributed by atoms with Crippen LogP contribution >= 0.6 is 15.9 Å². The second kappa shape index (κ2) is 9.01. The van der Waals surface area contributed by atoms with E-state index in [1.54, 1.807) is 0 Å². The minimum absolute atomic E-state index is 0.104. The van der Waals surface area contributed by atoms with Gasteiger partial charge in [0.1, 0.15) is 5.75 Å². The van der Waals surface area contributed by atoms with E-state index in [1.807, 2.05) is 19.1 Å². The quantitative estimate of drug-likeness (QED) is 0.512. The normalized spacial score (nSPS) is 10.4. The first kappa shape index (κ1) is 17.0. The van der Waals surface area contributed by atoms with Gasteiger partial charge in [-0.25, -0.2) is 0 Å². The fourth-order valence-electron chi connectivity index (χ4n) is 1.96. The van der Waals surface area contributed by atoms with Crippen molar-refractivity contribution in [2.24, 2.45) is 0 Å². The fourth-order valence-corrected chi connectivity index (χ4v) is 2.19. The van der Waals surface area contributed by atoms with Gasteiger partial charge in [0.25, 0.3) is 0 Å². The van der Waals surface area contributed by atoms with Crippen LogP contribution in [-0.4, -0.2) is 19.2 Å². The van der Waals surface area contributed by atoms with Crippen LogP contribution in [0.3, 0.4) is 0 Å². The maximum atomic E-state index is 11.1. The van der Waals surface area contributed by atoms with Crippen LogP contribution in [0.25, 0.3) is 0 Å². The van der Waals surface area contributed by atoms with Gasteiger partial charge >= 0.3 is 5.97 Å². The van der Waals surface area contributed by atoms with Crippen LogP contribution in [0.15, 0.2) is 16.6 Å². The molecule has 0 aliphatic carbocycles. The summed E-state index contributed by atoms with van der Waals surface area (Å²) in [4.78, 5) is 11.1. The fraction of sp³-hybridized carbons (Fsp3) is 0.562. The van der Waals surface area contributed by atoms with Gasteiger partial charge in [-0.3, -0.25) is 4.79 Å². The number of carbonyl (C=O) groups excluding carboxylic acids is 1. The van der Waals surface area contributed by atoms with E-state index in [0.717, 1.165) is 29.5 Å². The van der Waals surface area contributed by atoms with Crippen LogP contribution < -0.4 is 4.74 Å². The largest absolute Gasteiger partial charge is 0.494 e. The van der Waals surface area contributed by atoms with Crippen LogP contribution in [0.4, 0.5) is 0 Å². The maximum absolute atomic E-state index is 11.1. The maximum Gasteiger partial charge on any atom is 0.305 e. The summed E-state index contributed by atoms with van der Waals surface area (Å²) in [6, 6.07) is 4.07. The molecular weight excluding hydrogens is 320 g/mol. The van der Waals surface area contributed by atoms with Crippen molar-refractivity contribution in [3.05, 3.63) is 27.7 Å². The second-order valence-electron chi connectivity index (χ2n) is 4.84. The van der Waals surface area contributed by atoms with Gasteiger partial charge in [0.05, 0.1) is 13.2 Å². The Kier molecular flexibility index (Phi) is 7.67. The molecule has 20 heavy (non-hydrogen) atoms. The zero-order chi connectivity index (χ0) is 15.0. The molecule has 0 heterocycles. The monoisotopic (exact) mass is 342 g/mol. The highest BCUT2D eigenvalue weighted by Gasteiger charge is 2.04. The molecule has 1 aromatic rings. The number of rotatable bonds is 8. The second-order valence-corrected chi connectivity index (χ2v) is 5.63. The molecule has 0 N–H and O–H groups in total. The Hall–Kier alpha value is -1.03. The van der Waals surface area contributed by atoms with E-state index in [1.165, 1.54) is 11.1 Å². The van der Waals surface area contributed by atoms with Crippen molar-refractivity contribution in [2.75, 3.05) is 13.2 Å². The third-order valence-electron chi connectivity index (χ3n) is 3.01. The molecule has 0 aromatic heterocycles. The minimum atomic E-state index is -0.104. The Balaban J connectivity index is 2.20. The first-order chi connectivity index (χ1) is 9.54. The number of ether oxygens (including phenoxy) is 2. The summed E-state index contributed by atoms with van der Waals surface area (Å²) in [5.41, 5.74) is 2.37. The molecular formula is C16H23BrO3. The van der Waals surface area contributed by atoms with Gasteiger partial charge in [0.15, 0.2) is 0 Å². The summed E-state index contributed by atoms with van der Waals surface area (Å²) in [6.07, 6.45) is 3.30. The number of esters is 1. The van der Waals surface area contributed by atoms with Gasteiger partial charge in [0, 0.05) is 10.9 Å². The zero-order valence-electron chi connectivity index (χ0n) is 12.5. The number of benzene rings is 1. The smallest absolute Gasteiger partial charge is 0.305 e. The third kappa shape index (κ3) is 5.95. The summed E-state index contributed by atoms with van der Waals surface area (Å²) in [5, 5.41) is 0. The number of hydrogen-bond donors (Lipinski definition) is 0. The molecule has 0 unspecified atom stereocenters. The first-order valence-corrected chi connectivity index (χ1v) is 7.89. The molecule has 0 amide bonds. The Labute approximate surface area is 129 Å². The van der Waals surface area contributed by atoms with E-state index in [2.05, 4.69) is 29.8 Å². The Morgan fingerprint density at radius 3 is 2.40 bits per heavy atom. The van der Waals surface area contributed by atoms with Gasteiger partial charge in [-0.05, 0) is 63.3 Å². The first-order valence-electron chi connectivity index (χ1n) is 7.09. The summed E-state index contributed by atoms with van der Waals surface area (Å²) >= 11 is 3.54. The predicted molar refractivity (Wildman–Crippen MR) is 84.2 cm³/mol. The van der Waals surface area contributed by atoms with E-state index in [-0.39, 0.29) is 5.97 Å². The average molecular weight is 343 g/mol. The molecule has 0 spiro atoms. The molecule has 0 radical (unpaired) electrons. The van der Waals surface area contributed by atoms with E-state index in [4.69, 9.17) is 9.47 Å². The number of aryl methyl sites for hydroxylation is 2. The van der Waals surface area contributed by atoms with Gasteiger partial charge in [-0.2, -0.15) is 0 Å². The SMILES string of the molecule is CCOC(=O)CCCCCOc1cc(C)c(Br)c(C)c1. The molecule has 0 saturated carbocycles. The van der Waals surface area contributed by atoms with Crippen molar-refractivity contribution < 1.29 is 14.3 Å². The van der Waals surface area contributed by atoms with E-state index < -0.39 is 0 Å². The lowest BCUT2D eigenvalue weighted by atomic mass is 10.1. The lowest BCUT2D eigenvalue weighted by molar-refractivity contribution is -0.143. The molecule has 0 aliphatic heterocycles. The van der Waals surface area contributed by atoms with Crippen LogP contribution in [0, 0.1) is 13.8 Å². The van der Waals surface area contributed by atoms with Crippen LogP contribution in [0.2, 0.25) is 0 Å². The molecule has 0 aliphatic rings. The highest BCUT2D eigenvalue weighted by Crippen LogP contribution is 2.26. The van der Waals surface area contributed by atoms with Gasteiger partial charge in [-0.1, -0.05) is 15.9 Å².